The first kappa shape index (κ1) is 11.9. The molecule has 0 aromatic rings. The summed E-state index contributed by atoms with van der Waals surface area (Å²) in [5.74, 6) is 0. The summed E-state index contributed by atoms with van der Waals surface area (Å²) in [6.45, 7) is 6.91. The Morgan fingerprint density at radius 1 is 1.17 bits per heavy atom. The Bertz CT molecular complexity index is 138. The lowest BCUT2D eigenvalue weighted by Gasteiger charge is -2.09. The predicted molar refractivity (Wildman–Crippen MR) is 57.1 cm³/mol. The van der Waals surface area contributed by atoms with E-state index >= 15 is 0 Å². The van der Waals surface area contributed by atoms with Gasteiger partial charge in [0.05, 0.1) is 8.07 Å². The molecule has 70 valence electrons. The van der Waals surface area contributed by atoms with Gasteiger partial charge in [-0.15, -0.1) is 0 Å². The summed E-state index contributed by atoms with van der Waals surface area (Å²) in [4.78, 5) is 0. The number of hydrogen-bond donors (Lipinski definition) is 0. The van der Waals surface area contributed by atoms with Crippen molar-refractivity contribution in [2.45, 2.75) is 26.0 Å². The van der Waals surface area contributed by atoms with Crippen molar-refractivity contribution in [3.05, 3.63) is 11.8 Å². The van der Waals surface area contributed by atoms with Crippen LogP contribution >= 0.6 is 0 Å². The van der Waals surface area contributed by atoms with Gasteiger partial charge in [-0.2, -0.15) is 0 Å². The summed E-state index contributed by atoms with van der Waals surface area (Å²) in [5.41, 5.74) is 2.30. The maximum Gasteiger partial charge on any atom is 0.460 e. The van der Waals surface area contributed by atoms with E-state index in [-0.39, 0.29) is 7.12 Å². The Balaban J connectivity index is 3.73. The number of allylic oxidation sites excluding steroid dienone is 1. The summed E-state index contributed by atoms with van der Waals surface area (Å²) < 4.78 is 10.1. The van der Waals surface area contributed by atoms with Crippen LogP contribution in [0.15, 0.2) is 11.8 Å². The van der Waals surface area contributed by atoms with Crippen LogP contribution in [0, 0.1) is 0 Å². The van der Waals surface area contributed by atoms with Crippen molar-refractivity contribution in [2.75, 3.05) is 14.2 Å². The molecule has 4 heteroatoms. The highest BCUT2D eigenvalue weighted by Gasteiger charge is 2.12. The van der Waals surface area contributed by atoms with Gasteiger partial charge in [0.1, 0.15) is 0 Å². The van der Waals surface area contributed by atoms with Crippen LogP contribution in [0.5, 0.6) is 0 Å². The van der Waals surface area contributed by atoms with Gasteiger partial charge in [0.15, 0.2) is 0 Å². The fourth-order valence-corrected chi connectivity index (χ4v) is 1.66. The SMILES string of the molecule is COB(C/C=C/[Si](C)(C)C)OC. The molecule has 0 aliphatic heterocycles. The van der Waals surface area contributed by atoms with Crippen molar-refractivity contribution in [2.24, 2.45) is 0 Å². The summed E-state index contributed by atoms with van der Waals surface area (Å²) in [6.07, 6.45) is 3.00. The van der Waals surface area contributed by atoms with Crippen LogP contribution in [-0.2, 0) is 9.31 Å². The number of hydrogen-bond acceptors (Lipinski definition) is 2. The van der Waals surface area contributed by atoms with Gasteiger partial charge in [0.25, 0.3) is 0 Å². The third kappa shape index (κ3) is 6.64. The molecular formula is C8H19BO2Si. The van der Waals surface area contributed by atoms with Crippen LogP contribution in [-0.4, -0.2) is 29.4 Å². The molecule has 0 spiro atoms. The molecule has 0 N–H and O–H groups in total. The minimum absolute atomic E-state index is 0.0856. The highest BCUT2D eigenvalue weighted by Crippen LogP contribution is 2.04. The van der Waals surface area contributed by atoms with Crippen LogP contribution in [0.2, 0.25) is 26.0 Å². The highest BCUT2D eigenvalue weighted by atomic mass is 28.3. The van der Waals surface area contributed by atoms with E-state index in [1.807, 2.05) is 0 Å². The van der Waals surface area contributed by atoms with Crippen molar-refractivity contribution in [3.8, 4) is 0 Å². The van der Waals surface area contributed by atoms with Gasteiger partial charge in [-0.05, 0) is 6.32 Å². The third-order valence-electron chi connectivity index (χ3n) is 1.47. The molecule has 0 saturated carbocycles. The lowest BCUT2D eigenvalue weighted by Crippen LogP contribution is -2.19. The fraction of sp³-hybridized carbons (Fsp3) is 0.750. The molecule has 0 heterocycles. The number of rotatable bonds is 5. The maximum atomic E-state index is 5.06. The average Bonchev–Trinajstić information content (AvgIpc) is 1.96. The highest BCUT2D eigenvalue weighted by molar-refractivity contribution is 6.81. The van der Waals surface area contributed by atoms with Gasteiger partial charge < -0.3 is 9.31 Å². The van der Waals surface area contributed by atoms with Gasteiger partial charge in [-0.1, -0.05) is 31.4 Å². The monoisotopic (exact) mass is 186 g/mol. The van der Waals surface area contributed by atoms with Gasteiger partial charge in [0.2, 0.25) is 0 Å². The normalized spacial score (nSPS) is 12.4. The Kier molecular flexibility index (Phi) is 5.54. The summed E-state index contributed by atoms with van der Waals surface area (Å²) in [7, 11) is 2.20. The first-order valence-electron chi connectivity index (χ1n) is 4.23. The Morgan fingerprint density at radius 3 is 2.00 bits per heavy atom. The van der Waals surface area contributed by atoms with Crippen LogP contribution in [0.4, 0.5) is 0 Å². The summed E-state index contributed by atoms with van der Waals surface area (Å²) in [5, 5.41) is 0. The van der Waals surface area contributed by atoms with Crippen molar-refractivity contribution in [3.63, 3.8) is 0 Å². The van der Waals surface area contributed by atoms with Crippen molar-refractivity contribution in [1.29, 1.82) is 0 Å². The molecule has 0 saturated heterocycles. The fourth-order valence-electron chi connectivity index (χ4n) is 0.821. The second kappa shape index (κ2) is 5.56. The molecule has 0 fully saturated rings. The Hall–Kier alpha value is -0.0582. The first-order valence-corrected chi connectivity index (χ1v) is 7.80. The summed E-state index contributed by atoms with van der Waals surface area (Å²) in [6, 6.07) is 0. The van der Waals surface area contributed by atoms with Crippen LogP contribution in [0.3, 0.4) is 0 Å². The molecule has 0 atom stereocenters. The zero-order valence-corrected chi connectivity index (χ0v) is 9.76. The van der Waals surface area contributed by atoms with Crippen LogP contribution in [0.25, 0.3) is 0 Å². The minimum Gasteiger partial charge on any atom is -0.414 e. The zero-order valence-electron chi connectivity index (χ0n) is 8.76. The first-order chi connectivity index (χ1) is 5.49. The molecule has 0 aromatic heterocycles. The molecule has 0 radical (unpaired) electrons. The van der Waals surface area contributed by atoms with E-state index in [9.17, 15) is 0 Å². The van der Waals surface area contributed by atoms with E-state index in [4.69, 9.17) is 9.31 Å². The minimum atomic E-state index is -1.04. The molecule has 0 aliphatic rings. The second-order valence-corrected chi connectivity index (χ2v) is 8.97. The average molecular weight is 186 g/mol. The molecule has 0 unspecified atom stereocenters. The molecule has 12 heavy (non-hydrogen) atoms. The maximum absolute atomic E-state index is 5.06. The topological polar surface area (TPSA) is 18.5 Å². The van der Waals surface area contributed by atoms with Gasteiger partial charge in [-0.3, -0.25) is 0 Å². The van der Waals surface area contributed by atoms with E-state index in [0.717, 1.165) is 6.32 Å². The molecule has 0 rings (SSSR count). The summed E-state index contributed by atoms with van der Waals surface area (Å²) >= 11 is 0. The lowest BCUT2D eigenvalue weighted by molar-refractivity contribution is 0.281. The van der Waals surface area contributed by atoms with Gasteiger partial charge in [0, 0.05) is 14.2 Å². The van der Waals surface area contributed by atoms with Crippen LogP contribution < -0.4 is 0 Å². The van der Waals surface area contributed by atoms with Crippen LogP contribution in [0.1, 0.15) is 0 Å². The van der Waals surface area contributed by atoms with Gasteiger partial charge >= 0.3 is 7.12 Å². The van der Waals surface area contributed by atoms with E-state index in [2.05, 4.69) is 31.4 Å². The molecule has 0 aliphatic carbocycles. The van der Waals surface area contributed by atoms with E-state index in [0.29, 0.717) is 0 Å². The third-order valence-corrected chi connectivity index (χ3v) is 2.71. The van der Waals surface area contributed by atoms with E-state index < -0.39 is 8.07 Å². The second-order valence-electron chi connectivity index (χ2n) is 3.91. The molecule has 0 amide bonds. The van der Waals surface area contributed by atoms with Crippen molar-refractivity contribution >= 4 is 15.2 Å². The lowest BCUT2D eigenvalue weighted by atomic mass is 9.85. The standard InChI is InChI=1S/C8H19BO2Si/c1-10-9(11-2)7-6-8-12(3,4)5/h6,8H,7H2,1-5H3/b8-6+. The van der Waals surface area contributed by atoms with Crippen molar-refractivity contribution < 1.29 is 9.31 Å². The van der Waals surface area contributed by atoms with Crippen molar-refractivity contribution in [1.82, 2.24) is 0 Å². The van der Waals surface area contributed by atoms with E-state index in [1.165, 1.54) is 0 Å². The van der Waals surface area contributed by atoms with Gasteiger partial charge in [-0.25, -0.2) is 0 Å². The smallest absolute Gasteiger partial charge is 0.414 e. The predicted octanol–water partition coefficient (Wildman–Crippen LogP) is 2.20. The molecular weight excluding hydrogens is 167 g/mol. The van der Waals surface area contributed by atoms with E-state index in [1.54, 1.807) is 14.2 Å². The largest absolute Gasteiger partial charge is 0.460 e. The Morgan fingerprint density at radius 2 is 1.67 bits per heavy atom. The zero-order chi connectivity index (χ0) is 9.61. The molecule has 0 aromatic carbocycles. The molecule has 2 nitrogen and oxygen atoms in total. The Labute approximate surface area is 77.1 Å². The molecule has 0 bridgehead atoms. The quantitative estimate of drug-likeness (QED) is 0.613.